The summed E-state index contributed by atoms with van der Waals surface area (Å²) in [6.07, 6.45) is 0. The second kappa shape index (κ2) is 4.69. The van der Waals surface area contributed by atoms with Crippen LogP contribution in [0.4, 0.5) is 0 Å². The number of nitrogens with zero attached hydrogens (tertiary/aromatic N) is 3. The molecule has 0 radical (unpaired) electrons. The summed E-state index contributed by atoms with van der Waals surface area (Å²) in [5.74, 6) is 0.0164. The van der Waals surface area contributed by atoms with E-state index in [9.17, 15) is 4.79 Å². The zero-order chi connectivity index (χ0) is 8.85. The highest BCUT2D eigenvalue weighted by atomic mass is 16.2. The van der Waals surface area contributed by atoms with Crippen LogP contribution in [-0.4, -0.2) is 49.9 Å². The maximum Gasteiger partial charge on any atom is 0.236 e. The second-order valence-electron chi connectivity index (χ2n) is 2.62. The van der Waals surface area contributed by atoms with Crippen LogP contribution in [0.2, 0.25) is 0 Å². The van der Waals surface area contributed by atoms with Crippen molar-refractivity contribution in [3.8, 4) is 6.07 Å². The first kappa shape index (κ1) is 9.92. The fraction of sp³-hybridized carbons (Fsp3) is 0.714. The van der Waals surface area contributed by atoms with E-state index in [1.165, 1.54) is 4.90 Å². The molecule has 1 amide bonds. The lowest BCUT2D eigenvalue weighted by atomic mass is 10.5. The van der Waals surface area contributed by atoms with Crippen molar-refractivity contribution in [2.45, 2.75) is 0 Å². The fourth-order valence-corrected chi connectivity index (χ4v) is 0.549. The van der Waals surface area contributed by atoms with Gasteiger partial charge < -0.3 is 4.90 Å². The van der Waals surface area contributed by atoms with Crippen molar-refractivity contribution in [3.05, 3.63) is 0 Å². The molecule has 0 aliphatic heterocycles. The fourth-order valence-electron chi connectivity index (χ4n) is 0.549. The third kappa shape index (κ3) is 4.34. The van der Waals surface area contributed by atoms with E-state index in [-0.39, 0.29) is 5.91 Å². The zero-order valence-electron chi connectivity index (χ0n) is 7.16. The first-order chi connectivity index (χ1) is 5.07. The Labute approximate surface area is 67.0 Å². The molecule has 0 aliphatic carbocycles. The van der Waals surface area contributed by atoms with Gasteiger partial charge in [0.25, 0.3) is 0 Å². The molecule has 0 aliphatic rings. The van der Waals surface area contributed by atoms with Crippen molar-refractivity contribution < 1.29 is 4.79 Å². The molecule has 0 rings (SSSR count). The molecule has 0 aromatic heterocycles. The Hall–Kier alpha value is -1.08. The maximum atomic E-state index is 11.0. The van der Waals surface area contributed by atoms with E-state index in [2.05, 4.69) is 0 Å². The molecular formula is C7H13N3O. The Morgan fingerprint density at radius 1 is 1.45 bits per heavy atom. The molecule has 0 aromatic rings. The molecule has 4 heteroatoms. The Balaban J connectivity index is 3.68. The molecule has 62 valence electrons. The van der Waals surface area contributed by atoms with Gasteiger partial charge in [0.05, 0.1) is 19.2 Å². The molecule has 0 saturated carbocycles. The van der Waals surface area contributed by atoms with E-state index in [1.807, 2.05) is 6.07 Å². The number of amides is 1. The minimum absolute atomic E-state index is 0.0164. The van der Waals surface area contributed by atoms with Crippen LogP contribution >= 0.6 is 0 Å². The molecule has 0 aromatic carbocycles. The number of hydrogen-bond donors (Lipinski definition) is 0. The topological polar surface area (TPSA) is 47.3 Å². The molecule has 0 N–H and O–H groups in total. The van der Waals surface area contributed by atoms with Gasteiger partial charge in [-0.05, 0) is 7.05 Å². The van der Waals surface area contributed by atoms with Gasteiger partial charge >= 0.3 is 0 Å². The third-order valence-corrected chi connectivity index (χ3v) is 1.24. The van der Waals surface area contributed by atoms with E-state index in [1.54, 1.807) is 26.0 Å². The van der Waals surface area contributed by atoms with Crippen LogP contribution in [-0.2, 0) is 4.79 Å². The van der Waals surface area contributed by atoms with Crippen molar-refractivity contribution in [3.63, 3.8) is 0 Å². The highest BCUT2D eigenvalue weighted by Gasteiger charge is 2.06. The van der Waals surface area contributed by atoms with Gasteiger partial charge in [0.1, 0.15) is 0 Å². The Bertz CT molecular complexity index is 171. The highest BCUT2D eigenvalue weighted by molar-refractivity contribution is 5.77. The molecule has 0 atom stereocenters. The number of carbonyl (C=O) groups is 1. The third-order valence-electron chi connectivity index (χ3n) is 1.24. The maximum absolute atomic E-state index is 11.0. The molecule has 4 nitrogen and oxygen atoms in total. The van der Waals surface area contributed by atoms with Gasteiger partial charge in [-0.25, -0.2) is 0 Å². The summed E-state index contributed by atoms with van der Waals surface area (Å²) in [6.45, 7) is 0.597. The van der Waals surface area contributed by atoms with E-state index in [0.29, 0.717) is 13.1 Å². The van der Waals surface area contributed by atoms with Crippen LogP contribution < -0.4 is 0 Å². The summed E-state index contributed by atoms with van der Waals surface area (Å²) in [5.41, 5.74) is 0. The van der Waals surface area contributed by atoms with Crippen molar-refractivity contribution in [1.29, 1.82) is 5.26 Å². The van der Waals surface area contributed by atoms with E-state index >= 15 is 0 Å². The molecular weight excluding hydrogens is 142 g/mol. The quantitative estimate of drug-likeness (QED) is 0.518. The second-order valence-corrected chi connectivity index (χ2v) is 2.62. The molecule has 0 fully saturated rings. The smallest absolute Gasteiger partial charge is 0.236 e. The monoisotopic (exact) mass is 155 g/mol. The zero-order valence-corrected chi connectivity index (χ0v) is 7.16. The average Bonchev–Trinajstić information content (AvgIpc) is 1.87. The largest absolute Gasteiger partial charge is 0.348 e. The predicted octanol–water partition coefficient (Wildman–Crippen LogP) is -0.470. The lowest BCUT2D eigenvalue weighted by Crippen LogP contribution is -2.34. The number of rotatable bonds is 3. The van der Waals surface area contributed by atoms with Crippen molar-refractivity contribution in [1.82, 2.24) is 9.80 Å². The summed E-state index contributed by atoms with van der Waals surface area (Å²) in [7, 11) is 5.13. The van der Waals surface area contributed by atoms with Gasteiger partial charge in [0, 0.05) is 14.1 Å². The lowest BCUT2D eigenvalue weighted by molar-refractivity contribution is -0.129. The molecule has 0 bridgehead atoms. The van der Waals surface area contributed by atoms with Gasteiger partial charge in [-0.15, -0.1) is 0 Å². The Kier molecular flexibility index (Phi) is 4.23. The molecule has 0 saturated heterocycles. The van der Waals surface area contributed by atoms with Gasteiger partial charge in [0.2, 0.25) is 5.91 Å². The SMILES string of the molecule is CN(CC#N)CC(=O)N(C)C. The van der Waals surface area contributed by atoms with E-state index in [4.69, 9.17) is 5.26 Å². The van der Waals surface area contributed by atoms with Gasteiger partial charge in [-0.3, -0.25) is 9.69 Å². The summed E-state index contributed by atoms with van der Waals surface area (Å²) in [4.78, 5) is 14.2. The molecule has 0 unspecified atom stereocenters. The lowest BCUT2D eigenvalue weighted by Gasteiger charge is -2.15. The van der Waals surface area contributed by atoms with Crippen molar-refractivity contribution in [2.75, 3.05) is 34.2 Å². The van der Waals surface area contributed by atoms with Crippen LogP contribution in [0.25, 0.3) is 0 Å². The normalized spacial score (nSPS) is 9.36. The molecule has 0 heterocycles. The summed E-state index contributed by atoms with van der Waals surface area (Å²) in [6, 6.07) is 1.97. The summed E-state index contributed by atoms with van der Waals surface area (Å²) < 4.78 is 0. The Morgan fingerprint density at radius 2 is 2.00 bits per heavy atom. The van der Waals surface area contributed by atoms with Gasteiger partial charge in [0.15, 0.2) is 0 Å². The number of carbonyl (C=O) groups excluding carboxylic acids is 1. The standard InChI is InChI=1S/C7H13N3O/c1-9(2)7(11)6-10(3)5-4-8/h5-6H2,1-3H3. The Morgan fingerprint density at radius 3 is 2.36 bits per heavy atom. The minimum atomic E-state index is 0.0164. The van der Waals surface area contributed by atoms with Crippen LogP contribution in [0.3, 0.4) is 0 Å². The first-order valence-corrected chi connectivity index (χ1v) is 3.33. The average molecular weight is 155 g/mol. The molecule has 11 heavy (non-hydrogen) atoms. The highest BCUT2D eigenvalue weighted by Crippen LogP contribution is 1.84. The van der Waals surface area contributed by atoms with Crippen LogP contribution in [0.1, 0.15) is 0 Å². The van der Waals surface area contributed by atoms with Crippen LogP contribution in [0.15, 0.2) is 0 Å². The minimum Gasteiger partial charge on any atom is -0.348 e. The van der Waals surface area contributed by atoms with Crippen LogP contribution in [0.5, 0.6) is 0 Å². The predicted molar refractivity (Wildman–Crippen MR) is 41.8 cm³/mol. The number of nitriles is 1. The number of hydrogen-bond acceptors (Lipinski definition) is 3. The van der Waals surface area contributed by atoms with Crippen molar-refractivity contribution >= 4 is 5.91 Å². The molecule has 0 spiro atoms. The van der Waals surface area contributed by atoms with Gasteiger partial charge in [-0.1, -0.05) is 0 Å². The summed E-state index contributed by atoms with van der Waals surface area (Å²) in [5, 5.41) is 8.27. The summed E-state index contributed by atoms with van der Waals surface area (Å²) >= 11 is 0. The van der Waals surface area contributed by atoms with Crippen LogP contribution in [0, 0.1) is 11.3 Å². The van der Waals surface area contributed by atoms with E-state index in [0.717, 1.165) is 0 Å². The van der Waals surface area contributed by atoms with Gasteiger partial charge in [-0.2, -0.15) is 5.26 Å². The van der Waals surface area contributed by atoms with E-state index < -0.39 is 0 Å². The van der Waals surface area contributed by atoms with Crippen molar-refractivity contribution in [2.24, 2.45) is 0 Å². The number of likely N-dealkylation sites (N-methyl/N-ethyl adjacent to an activating group) is 2. The first-order valence-electron chi connectivity index (χ1n) is 3.33.